The molecule has 3 rings (SSSR count). The fourth-order valence-electron chi connectivity index (χ4n) is 3.99. The highest BCUT2D eigenvalue weighted by Crippen LogP contribution is 2.26. The van der Waals surface area contributed by atoms with Gasteiger partial charge in [0.25, 0.3) is 0 Å². The Morgan fingerprint density at radius 2 is 2.15 bits per heavy atom. The number of rotatable bonds is 7. The molecule has 0 bridgehead atoms. The molecule has 2 aliphatic rings. The Morgan fingerprint density at radius 3 is 2.89 bits per heavy atom. The van der Waals surface area contributed by atoms with Crippen LogP contribution in [0.4, 0.5) is 5.69 Å². The zero-order valence-electron chi connectivity index (χ0n) is 16.8. The molecule has 2 fully saturated rings. The number of benzene rings is 1. The Morgan fingerprint density at radius 1 is 1.33 bits per heavy atom. The van der Waals surface area contributed by atoms with E-state index in [9.17, 15) is 4.79 Å². The van der Waals surface area contributed by atoms with Gasteiger partial charge in [0.15, 0.2) is 0 Å². The van der Waals surface area contributed by atoms with Gasteiger partial charge in [-0.25, -0.2) is 0 Å². The molecular formula is C22H34N2O3. The maximum Gasteiger partial charge on any atom is 0.224 e. The summed E-state index contributed by atoms with van der Waals surface area (Å²) in [5.41, 5.74) is 1.92. The van der Waals surface area contributed by atoms with Crippen molar-refractivity contribution < 1.29 is 14.3 Å². The van der Waals surface area contributed by atoms with Crippen molar-refractivity contribution in [3.05, 3.63) is 23.8 Å². The molecule has 2 heterocycles. The number of anilines is 1. The zero-order chi connectivity index (χ0) is 19.1. The van der Waals surface area contributed by atoms with Crippen LogP contribution in [0.5, 0.6) is 5.75 Å². The smallest absolute Gasteiger partial charge is 0.224 e. The van der Waals surface area contributed by atoms with Crippen molar-refractivity contribution >= 4 is 11.6 Å². The van der Waals surface area contributed by atoms with E-state index in [1.165, 1.54) is 12.8 Å². The SMILES string of the molecule is Cc1ccc(NC(=O)CC(C)C2CCCNC2)cc1OCC1CCOCC1. The molecule has 5 heteroatoms. The van der Waals surface area contributed by atoms with E-state index in [0.717, 1.165) is 56.1 Å². The lowest BCUT2D eigenvalue weighted by Crippen LogP contribution is -2.34. The molecule has 0 saturated carbocycles. The van der Waals surface area contributed by atoms with Gasteiger partial charge in [-0.05, 0) is 75.1 Å². The van der Waals surface area contributed by atoms with Crippen LogP contribution in [-0.4, -0.2) is 38.8 Å². The molecule has 2 aliphatic heterocycles. The molecule has 27 heavy (non-hydrogen) atoms. The molecule has 1 aromatic rings. The molecular weight excluding hydrogens is 340 g/mol. The lowest BCUT2D eigenvalue weighted by molar-refractivity contribution is -0.117. The first-order chi connectivity index (χ1) is 13.1. The van der Waals surface area contributed by atoms with E-state index in [1.807, 2.05) is 25.1 Å². The summed E-state index contributed by atoms with van der Waals surface area (Å²) >= 11 is 0. The van der Waals surface area contributed by atoms with Crippen LogP contribution in [0, 0.1) is 24.7 Å². The van der Waals surface area contributed by atoms with Crippen molar-refractivity contribution in [2.24, 2.45) is 17.8 Å². The predicted octanol–water partition coefficient (Wildman–Crippen LogP) is 3.76. The Hall–Kier alpha value is -1.59. The minimum absolute atomic E-state index is 0.0901. The summed E-state index contributed by atoms with van der Waals surface area (Å²) in [5.74, 6) is 2.51. The standard InChI is InChI=1S/C22H34N2O3/c1-16-5-6-20(13-21(16)27-15-18-7-10-26-11-8-18)24-22(25)12-17(2)19-4-3-9-23-14-19/h5-6,13,17-19,23H,3-4,7-12,14-15H2,1-2H3,(H,24,25). The lowest BCUT2D eigenvalue weighted by atomic mass is 9.85. The van der Waals surface area contributed by atoms with Crippen LogP contribution in [0.25, 0.3) is 0 Å². The number of hydrogen-bond donors (Lipinski definition) is 2. The average Bonchev–Trinajstić information content (AvgIpc) is 2.69. The molecule has 0 radical (unpaired) electrons. The second kappa shape index (κ2) is 10.1. The fraction of sp³-hybridized carbons (Fsp3) is 0.682. The van der Waals surface area contributed by atoms with Crippen LogP contribution >= 0.6 is 0 Å². The Kier molecular flexibility index (Phi) is 7.53. The molecule has 1 amide bonds. The van der Waals surface area contributed by atoms with Crippen molar-refractivity contribution in [2.75, 3.05) is 38.2 Å². The molecule has 0 spiro atoms. The van der Waals surface area contributed by atoms with Gasteiger partial charge in [-0.2, -0.15) is 0 Å². The van der Waals surface area contributed by atoms with E-state index < -0.39 is 0 Å². The third-order valence-electron chi connectivity index (χ3n) is 5.93. The van der Waals surface area contributed by atoms with Gasteiger partial charge in [-0.3, -0.25) is 4.79 Å². The summed E-state index contributed by atoms with van der Waals surface area (Å²) in [6.07, 6.45) is 5.11. The molecule has 0 aliphatic carbocycles. The second-order valence-electron chi connectivity index (χ2n) is 8.18. The molecule has 1 aromatic carbocycles. The highest BCUT2D eigenvalue weighted by molar-refractivity contribution is 5.91. The molecule has 0 aromatic heterocycles. The van der Waals surface area contributed by atoms with E-state index in [0.29, 0.717) is 30.8 Å². The van der Waals surface area contributed by atoms with Crippen LogP contribution in [0.3, 0.4) is 0 Å². The van der Waals surface area contributed by atoms with Crippen LogP contribution in [0.1, 0.15) is 44.6 Å². The fourth-order valence-corrected chi connectivity index (χ4v) is 3.99. The van der Waals surface area contributed by atoms with E-state index in [4.69, 9.17) is 9.47 Å². The van der Waals surface area contributed by atoms with Gasteiger partial charge in [0.2, 0.25) is 5.91 Å². The number of hydrogen-bond acceptors (Lipinski definition) is 4. The Balaban J connectivity index is 1.50. The van der Waals surface area contributed by atoms with Crippen molar-refractivity contribution in [2.45, 2.75) is 46.0 Å². The average molecular weight is 375 g/mol. The van der Waals surface area contributed by atoms with E-state index >= 15 is 0 Å². The van der Waals surface area contributed by atoms with Gasteiger partial charge in [0, 0.05) is 31.4 Å². The second-order valence-corrected chi connectivity index (χ2v) is 8.18. The van der Waals surface area contributed by atoms with Gasteiger partial charge in [0.1, 0.15) is 5.75 Å². The molecule has 5 nitrogen and oxygen atoms in total. The molecule has 2 unspecified atom stereocenters. The van der Waals surface area contributed by atoms with Gasteiger partial charge in [-0.1, -0.05) is 13.0 Å². The van der Waals surface area contributed by atoms with Crippen LogP contribution < -0.4 is 15.4 Å². The summed E-state index contributed by atoms with van der Waals surface area (Å²) in [6.45, 7) is 8.75. The number of nitrogens with one attached hydrogen (secondary N) is 2. The summed E-state index contributed by atoms with van der Waals surface area (Å²) in [6, 6.07) is 5.93. The highest BCUT2D eigenvalue weighted by Gasteiger charge is 2.22. The predicted molar refractivity (Wildman–Crippen MR) is 108 cm³/mol. The summed E-state index contributed by atoms with van der Waals surface area (Å²) in [4.78, 5) is 12.5. The van der Waals surface area contributed by atoms with Crippen LogP contribution in [0.15, 0.2) is 18.2 Å². The monoisotopic (exact) mass is 374 g/mol. The summed E-state index contributed by atoms with van der Waals surface area (Å²) < 4.78 is 11.5. The van der Waals surface area contributed by atoms with Crippen molar-refractivity contribution in [3.63, 3.8) is 0 Å². The van der Waals surface area contributed by atoms with Crippen LogP contribution in [0.2, 0.25) is 0 Å². The van der Waals surface area contributed by atoms with E-state index in [2.05, 4.69) is 17.6 Å². The first-order valence-electron chi connectivity index (χ1n) is 10.4. The highest BCUT2D eigenvalue weighted by atomic mass is 16.5. The minimum Gasteiger partial charge on any atom is -0.493 e. The summed E-state index contributed by atoms with van der Waals surface area (Å²) in [7, 11) is 0. The van der Waals surface area contributed by atoms with Gasteiger partial charge in [-0.15, -0.1) is 0 Å². The largest absolute Gasteiger partial charge is 0.493 e. The molecule has 2 atom stereocenters. The molecule has 2 N–H and O–H groups in total. The van der Waals surface area contributed by atoms with Gasteiger partial charge >= 0.3 is 0 Å². The molecule has 2 saturated heterocycles. The van der Waals surface area contributed by atoms with Crippen molar-refractivity contribution in [1.29, 1.82) is 0 Å². The van der Waals surface area contributed by atoms with Crippen LogP contribution in [-0.2, 0) is 9.53 Å². The third-order valence-corrected chi connectivity index (χ3v) is 5.93. The van der Waals surface area contributed by atoms with E-state index in [-0.39, 0.29) is 5.91 Å². The number of aryl methyl sites for hydroxylation is 1. The first-order valence-corrected chi connectivity index (χ1v) is 10.4. The van der Waals surface area contributed by atoms with E-state index in [1.54, 1.807) is 0 Å². The minimum atomic E-state index is 0.0901. The Labute approximate surface area is 163 Å². The number of piperidine rings is 1. The normalized spacial score (nSPS) is 22.2. The topological polar surface area (TPSA) is 59.6 Å². The molecule has 150 valence electrons. The maximum atomic E-state index is 12.5. The summed E-state index contributed by atoms with van der Waals surface area (Å²) in [5, 5.41) is 6.50. The zero-order valence-corrected chi connectivity index (χ0v) is 16.8. The van der Waals surface area contributed by atoms with Crippen molar-refractivity contribution in [1.82, 2.24) is 5.32 Å². The van der Waals surface area contributed by atoms with Gasteiger partial charge in [0.05, 0.1) is 6.61 Å². The number of amides is 1. The third kappa shape index (κ3) is 6.22. The number of carbonyl (C=O) groups is 1. The van der Waals surface area contributed by atoms with Crippen molar-refractivity contribution in [3.8, 4) is 5.75 Å². The quantitative estimate of drug-likeness (QED) is 0.763. The number of carbonyl (C=O) groups excluding carboxylic acids is 1. The Bertz CT molecular complexity index is 608. The number of ether oxygens (including phenoxy) is 2. The maximum absolute atomic E-state index is 12.5. The lowest BCUT2D eigenvalue weighted by Gasteiger charge is -2.28. The first kappa shape index (κ1) is 20.2. The van der Waals surface area contributed by atoms with Gasteiger partial charge < -0.3 is 20.1 Å².